The first-order valence-corrected chi connectivity index (χ1v) is 9.28. The van der Waals surface area contributed by atoms with Gasteiger partial charge < -0.3 is 4.90 Å². The highest BCUT2D eigenvalue weighted by Crippen LogP contribution is 2.43. The number of carbonyl (C=O) groups excluding carboxylic acids is 1. The van der Waals surface area contributed by atoms with Crippen LogP contribution in [0.15, 0.2) is 24.3 Å². The average molecular weight is 348 g/mol. The molecule has 2 aromatic rings. The molecule has 0 spiro atoms. The normalized spacial score (nSPS) is 19.1. The summed E-state index contributed by atoms with van der Waals surface area (Å²) in [7, 11) is 0. The number of rotatable bonds is 3. The van der Waals surface area contributed by atoms with E-state index in [1.165, 1.54) is 17.8 Å². The molecule has 1 saturated carbocycles. The topological polar surface area (TPSA) is 46.1 Å². The molecule has 2 aliphatic rings. The van der Waals surface area contributed by atoms with Crippen molar-refractivity contribution in [2.24, 2.45) is 0 Å². The Kier molecular flexibility index (Phi) is 4.07. The smallest absolute Gasteiger partial charge is 0.253 e. The van der Waals surface area contributed by atoms with E-state index in [2.05, 4.69) is 10.2 Å². The molecule has 2 heterocycles. The van der Waals surface area contributed by atoms with Gasteiger partial charge in [0.25, 0.3) is 5.91 Å². The molecule has 1 aromatic heterocycles. The van der Waals surface area contributed by atoms with Crippen molar-refractivity contribution in [3.05, 3.63) is 44.9 Å². The number of hydrogen-bond acceptors (Lipinski definition) is 4. The maximum absolute atomic E-state index is 12.5. The Morgan fingerprint density at radius 1 is 1.09 bits per heavy atom. The van der Waals surface area contributed by atoms with Crippen LogP contribution in [0.3, 0.4) is 0 Å². The van der Waals surface area contributed by atoms with Gasteiger partial charge in [-0.2, -0.15) is 0 Å². The van der Waals surface area contributed by atoms with Gasteiger partial charge in [-0.1, -0.05) is 17.7 Å². The molecule has 2 fully saturated rings. The van der Waals surface area contributed by atoms with Crippen molar-refractivity contribution in [2.45, 2.75) is 37.5 Å². The zero-order valence-electron chi connectivity index (χ0n) is 12.7. The average Bonchev–Trinajstić information content (AvgIpc) is 3.32. The number of nitrogens with zero attached hydrogens (tertiary/aromatic N) is 3. The highest BCUT2D eigenvalue weighted by atomic mass is 35.5. The van der Waals surface area contributed by atoms with Gasteiger partial charge >= 0.3 is 0 Å². The maximum Gasteiger partial charge on any atom is 0.253 e. The molecule has 1 aliphatic heterocycles. The van der Waals surface area contributed by atoms with Crippen LogP contribution in [0.5, 0.6) is 0 Å². The van der Waals surface area contributed by atoms with Crippen LogP contribution in [0.2, 0.25) is 5.02 Å². The molecule has 120 valence electrons. The Hall–Kier alpha value is -1.46. The predicted octanol–water partition coefficient (Wildman–Crippen LogP) is 4.09. The summed E-state index contributed by atoms with van der Waals surface area (Å²) in [5, 5.41) is 11.7. The maximum atomic E-state index is 12.5. The van der Waals surface area contributed by atoms with Crippen LogP contribution < -0.4 is 0 Å². The van der Waals surface area contributed by atoms with Crippen LogP contribution in [0.25, 0.3) is 0 Å². The second kappa shape index (κ2) is 6.21. The van der Waals surface area contributed by atoms with E-state index in [0.717, 1.165) is 30.9 Å². The molecule has 0 unspecified atom stereocenters. The molecule has 0 N–H and O–H groups in total. The largest absolute Gasteiger partial charge is 0.339 e. The van der Waals surface area contributed by atoms with Gasteiger partial charge in [-0.3, -0.25) is 4.79 Å². The fourth-order valence-electron chi connectivity index (χ4n) is 3.04. The third-order valence-corrected chi connectivity index (χ3v) is 6.07. The standard InChI is InChI=1S/C17H18ClN3OS/c18-14-3-1-2-13(10-14)17(22)21-8-6-12(7-9-21)16-20-19-15(23-16)11-4-5-11/h1-3,10-12H,4-9H2. The van der Waals surface area contributed by atoms with Gasteiger partial charge in [0.05, 0.1) is 0 Å². The molecule has 0 radical (unpaired) electrons. The summed E-state index contributed by atoms with van der Waals surface area (Å²) in [6.07, 6.45) is 4.46. The van der Waals surface area contributed by atoms with Gasteiger partial charge in [-0.15, -0.1) is 21.5 Å². The molecule has 0 bridgehead atoms. The van der Waals surface area contributed by atoms with Crippen molar-refractivity contribution in [2.75, 3.05) is 13.1 Å². The van der Waals surface area contributed by atoms with E-state index in [4.69, 9.17) is 11.6 Å². The van der Waals surface area contributed by atoms with Gasteiger partial charge in [0.2, 0.25) is 0 Å². The minimum Gasteiger partial charge on any atom is -0.339 e. The van der Waals surface area contributed by atoms with Crippen molar-refractivity contribution in [1.29, 1.82) is 0 Å². The van der Waals surface area contributed by atoms with E-state index in [1.807, 2.05) is 17.0 Å². The molecule has 0 atom stereocenters. The Balaban J connectivity index is 1.39. The Bertz CT molecular complexity index is 720. The van der Waals surface area contributed by atoms with Crippen molar-refractivity contribution in [1.82, 2.24) is 15.1 Å². The predicted molar refractivity (Wildman–Crippen MR) is 91.2 cm³/mol. The van der Waals surface area contributed by atoms with Crippen LogP contribution in [0.1, 0.15) is 57.9 Å². The minimum atomic E-state index is 0.0712. The van der Waals surface area contributed by atoms with Crippen molar-refractivity contribution >= 4 is 28.8 Å². The summed E-state index contributed by atoms with van der Waals surface area (Å²) in [4.78, 5) is 14.5. The zero-order chi connectivity index (χ0) is 15.8. The van der Waals surface area contributed by atoms with Crippen LogP contribution in [-0.2, 0) is 0 Å². The number of benzene rings is 1. The summed E-state index contributed by atoms with van der Waals surface area (Å²) in [5.41, 5.74) is 0.669. The van der Waals surface area contributed by atoms with Crippen LogP contribution in [0, 0.1) is 0 Å². The van der Waals surface area contributed by atoms with Gasteiger partial charge in [0.1, 0.15) is 10.0 Å². The molecule has 4 nitrogen and oxygen atoms in total. The van der Waals surface area contributed by atoms with Gasteiger partial charge in [0.15, 0.2) is 0 Å². The summed E-state index contributed by atoms with van der Waals surface area (Å²) in [6.45, 7) is 1.54. The first-order valence-electron chi connectivity index (χ1n) is 8.09. The summed E-state index contributed by atoms with van der Waals surface area (Å²) in [5.74, 6) is 1.19. The third kappa shape index (κ3) is 3.26. The van der Waals surface area contributed by atoms with E-state index in [-0.39, 0.29) is 5.91 Å². The molecular weight excluding hydrogens is 330 g/mol. The lowest BCUT2D eigenvalue weighted by atomic mass is 9.97. The highest BCUT2D eigenvalue weighted by Gasteiger charge is 2.31. The summed E-state index contributed by atoms with van der Waals surface area (Å²) < 4.78 is 0. The van der Waals surface area contributed by atoms with Gasteiger partial charge in [0, 0.05) is 35.5 Å². The second-order valence-corrected chi connectivity index (χ2v) is 7.81. The molecule has 6 heteroatoms. The number of hydrogen-bond donors (Lipinski definition) is 0. The lowest BCUT2D eigenvalue weighted by molar-refractivity contribution is 0.0713. The number of piperidine rings is 1. The summed E-state index contributed by atoms with van der Waals surface area (Å²) in [6, 6.07) is 7.18. The van der Waals surface area contributed by atoms with E-state index in [9.17, 15) is 4.79 Å². The number of likely N-dealkylation sites (tertiary alicyclic amines) is 1. The first-order chi connectivity index (χ1) is 11.2. The Morgan fingerprint density at radius 3 is 2.35 bits per heavy atom. The van der Waals surface area contributed by atoms with Crippen molar-refractivity contribution < 1.29 is 4.79 Å². The molecular formula is C17H18ClN3OS. The van der Waals surface area contributed by atoms with Crippen molar-refractivity contribution in [3.63, 3.8) is 0 Å². The third-order valence-electron chi connectivity index (χ3n) is 4.59. The van der Waals surface area contributed by atoms with Crippen LogP contribution in [0.4, 0.5) is 0 Å². The minimum absolute atomic E-state index is 0.0712. The zero-order valence-corrected chi connectivity index (χ0v) is 14.3. The monoisotopic (exact) mass is 347 g/mol. The van der Waals surface area contributed by atoms with Crippen LogP contribution in [-0.4, -0.2) is 34.1 Å². The Labute approximate surface area is 144 Å². The van der Waals surface area contributed by atoms with E-state index in [1.54, 1.807) is 23.5 Å². The lowest BCUT2D eigenvalue weighted by Gasteiger charge is -2.31. The molecule has 1 amide bonds. The number of halogens is 1. The molecule has 4 rings (SSSR count). The molecule has 1 saturated heterocycles. The number of amides is 1. The second-order valence-electron chi connectivity index (χ2n) is 6.33. The van der Waals surface area contributed by atoms with E-state index in [0.29, 0.717) is 22.4 Å². The fraction of sp³-hybridized carbons (Fsp3) is 0.471. The van der Waals surface area contributed by atoms with E-state index >= 15 is 0 Å². The Morgan fingerprint density at radius 2 is 1.74 bits per heavy atom. The van der Waals surface area contributed by atoms with Gasteiger partial charge in [-0.05, 0) is 43.9 Å². The molecule has 1 aliphatic carbocycles. The van der Waals surface area contributed by atoms with Gasteiger partial charge in [-0.25, -0.2) is 0 Å². The van der Waals surface area contributed by atoms with Crippen molar-refractivity contribution in [3.8, 4) is 0 Å². The van der Waals surface area contributed by atoms with E-state index < -0.39 is 0 Å². The SMILES string of the molecule is O=C(c1cccc(Cl)c1)N1CCC(c2nnc(C3CC3)s2)CC1. The highest BCUT2D eigenvalue weighted by molar-refractivity contribution is 7.11. The lowest BCUT2D eigenvalue weighted by Crippen LogP contribution is -2.37. The quantitative estimate of drug-likeness (QED) is 0.840. The fourth-order valence-corrected chi connectivity index (χ4v) is 4.41. The number of aromatic nitrogens is 2. The van der Waals surface area contributed by atoms with Crippen LogP contribution >= 0.6 is 22.9 Å². The first kappa shape index (κ1) is 15.1. The summed E-state index contributed by atoms with van der Waals surface area (Å²) >= 11 is 7.75. The molecule has 23 heavy (non-hydrogen) atoms. The number of carbonyl (C=O) groups is 1. The molecule has 1 aromatic carbocycles.